The van der Waals surface area contributed by atoms with E-state index in [1.165, 1.54) is 17.0 Å². The number of benzene rings is 1. The standard InChI is InChI=1S/C20H28FN5S/c1-14-19(27-15(2)24-14)12-23-20(22-3)25-18-8-10-26(11-9-18)13-16-4-6-17(21)7-5-16/h4-7,18H,8-13H2,1-3H3,(H2,22,23,25). The van der Waals surface area contributed by atoms with E-state index < -0.39 is 0 Å². The van der Waals surface area contributed by atoms with Gasteiger partial charge >= 0.3 is 0 Å². The van der Waals surface area contributed by atoms with Crippen molar-refractivity contribution in [2.75, 3.05) is 20.1 Å². The zero-order chi connectivity index (χ0) is 19.2. The molecule has 0 aliphatic carbocycles. The monoisotopic (exact) mass is 389 g/mol. The second-order valence-corrected chi connectivity index (χ2v) is 8.28. The van der Waals surface area contributed by atoms with Crippen LogP contribution in [0.3, 0.4) is 0 Å². The Hall–Kier alpha value is -1.99. The molecule has 2 N–H and O–H groups in total. The van der Waals surface area contributed by atoms with Gasteiger partial charge in [0.2, 0.25) is 0 Å². The van der Waals surface area contributed by atoms with Gasteiger partial charge in [-0.05, 0) is 44.4 Å². The van der Waals surface area contributed by atoms with E-state index in [2.05, 4.69) is 25.5 Å². The Bertz CT molecular complexity index is 763. The van der Waals surface area contributed by atoms with Crippen LogP contribution in [0.2, 0.25) is 0 Å². The Balaban J connectivity index is 1.43. The number of nitrogens with zero attached hydrogens (tertiary/aromatic N) is 3. The SMILES string of the molecule is CN=C(NCc1sc(C)nc1C)NC1CCN(Cc2ccc(F)cc2)CC1. The highest BCUT2D eigenvalue weighted by atomic mass is 32.1. The Morgan fingerprint density at radius 1 is 1.26 bits per heavy atom. The molecule has 1 aromatic carbocycles. The van der Waals surface area contributed by atoms with Crippen LogP contribution < -0.4 is 10.6 Å². The number of rotatable bonds is 5. The fourth-order valence-corrected chi connectivity index (χ4v) is 4.25. The lowest BCUT2D eigenvalue weighted by molar-refractivity contribution is 0.198. The third-order valence-electron chi connectivity index (χ3n) is 4.89. The van der Waals surface area contributed by atoms with E-state index in [0.29, 0.717) is 6.04 Å². The summed E-state index contributed by atoms with van der Waals surface area (Å²) < 4.78 is 13.0. The summed E-state index contributed by atoms with van der Waals surface area (Å²) in [6, 6.07) is 7.23. The van der Waals surface area contributed by atoms with E-state index in [4.69, 9.17) is 0 Å². The van der Waals surface area contributed by atoms with Gasteiger partial charge in [-0.1, -0.05) is 12.1 Å². The third kappa shape index (κ3) is 5.74. The second kappa shape index (κ2) is 9.28. The predicted octanol–water partition coefficient (Wildman–Crippen LogP) is 3.23. The van der Waals surface area contributed by atoms with Crippen LogP contribution in [-0.2, 0) is 13.1 Å². The first kappa shape index (κ1) is 19.8. The van der Waals surface area contributed by atoms with Crippen LogP contribution in [-0.4, -0.2) is 42.0 Å². The topological polar surface area (TPSA) is 52.6 Å². The van der Waals surface area contributed by atoms with E-state index in [-0.39, 0.29) is 5.82 Å². The molecule has 3 rings (SSSR count). The van der Waals surface area contributed by atoms with E-state index >= 15 is 0 Å². The highest BCUT2D eigenvalue weighted by Gasteiger charge is 2.20. The average molecular weight is 390 g/mol. The molecule has 0 unspecified atom stereocenters. The Morgan fingerprint density at radius 3 is 2.56 bits per heavy atom. The molecule has 0 radical (unpaired) electrons. The molecule has 146 valence electrons. The van der Waals surface area contributed by atoms with Gasteiger partial charge in [-0.25, -0.2) is 9.37 Å². The van der Waals surface area contributed by atoms with Crippen molar-refractivity contribution in [3.8, 4) is 0 Å². The summed E-state index contributed by atoms with van der Waals surface area (Å²) in [4.78, 5) is 12.5. The molecule has 0 amide bonds. The van der Waals surface area contributed by atoms with Gasteiger partial charge in [0.25, 0.3) is 0 Å². The van der Waals surface area contributed by atoms with E-state index in [1.54, 1.807) is 11.3 Å². The molecule has 1 saturated heterocycles. The molecule has 1 aliphatic heterocycles. The minimum Gasteiger partial charge on any atom is -0.354 e. The molecule has 0 spiro atoms. The lowest BCUT2D eigenvalue weighted by atomic mass is 10.0. The fraction of sp³-hybridized carbons (Fsp3) is 0.500. The molecule has 0 saturated carbocycles. The number of nitrogens with one attached hydrogen (secondary N) is 2. The minimum atomic E-state index is -0.177. The van der Waals surface area contributed by atoms with Crippen LogP contribution in [0.1, 0.15) is 34.0 Å². The Morgan fingerprint density at radius 2 is 1.96 bits per heavy atom. The normalized spacial score (nSPS) is 16.5. The zero-order valence-electron chi connectivity index (χ0n) is 16.3. The van der Waals surface area contributed by atoms with Crippen molar-refractivity contribution in [3.63, 3.8) is 0 Å². The molecule has 1 aromatic heterocycles. The van der Waals surface area contributed by atoms with Crippen molar-refractivity contribution in [2.24, 2.45) is 4.99 Å². The number of hydrogen-bond acceptors (Lipinski definition) is 4. The van der Waals surface area contributed by atoms with Crippen LogP contribution in [0.25, 0.3) is 0 Å². The number of aliphatic imine (C=N–C) groups is 1. The minimum absolute atomic E-state index is 0.177. The number of thiazole rings is 1. The molecule has 7 heteroatoms. The first-order valence-electron chi connectivity index (χ1n) is 9.40. The van der Waals surface area contributed by atoms with Crippen molar-refractivity contribution >= 4 is 17.3 Å². The maximum Gasteiger partial charge on any atom is 0.191 e. The summed E-state index contributed by atoms with van der Waals surface area (Å²) in [5, 5.41) is 8.04. The number of guanidine groups is 1. The Labute approximate surface area is 164 Å². The summed E-state index contributed by atoms with van der Waals surface area (Å²) in [6.45, 7) is 7.77. The molecule has 0 bridgehead atoms. The van der Waals surface area contributed by atoms with Gasteiger partial charge in [-0.3, -0.25) is 9.89 Å². The molecule has 2 heterocycles. The van der Waals surface area contributed by atoms with Gasteiger partial charge in [-0.2, -0.15) is 0 Å². The molecule has 5 nitrogen and oxygen atoms in total. The van der Waals surface area contributed by atoms with Gasteiger partial charge in [0.15, 0.2) is 5.96 Å². The summed E-state index contributed by atoms with van der Waals surface area (Å²) in [5.74, 6) is 0.668. The van der Waals surface area contributed by atoms with Gasteiger partial charge in [0, 0.05) is 37.6 Å². The molecule has 0 atom stereocenters. The smallest absolute Gasteiger partial charge is 0.191 e. The van der Waals surface area contributed by atoms with Crippen molar-refractivity contribution in [1.29, 1.82) is 0 Å². The zero-order valence-corrected chi connectivity index (χ0v) is 17.1. The molecular formula is C20H28FN5S. The molecule has 2 aromatic rings. The maximum absolute atomic E-state index is 13.0. The maximum atomic E-state index is 13.0. The molecule has 1 aliphatic rings. The van der Waals surface area contributed by atoms with E-state index in [0.717, 1.165) is 61.2 Å². The average Bonchev–Trinajstić information content (AvgIpc) is 2.99. The lowest BCUT2D eigenvalue weighted by Crippen LogP contribution is -2.48. The van der Waals surface area contributed by atoms with Gasteiger partial charge < -0.3 is 10.6 Å². The summed E-state index contributed by atoms with van der Waals surface area (Å²) in [5.41, 5.74) is 2.25. The van der Waals surface area contributed by atoms with Crippen molar-refractivity contribution in [2.45, 2.75) is 45.8 Å². The molecule has 27 heavy (non-hydrogen) atoms. The summed E-state index contributed by atoms with van der Waals surface area (Å²) in [7, 11) is 1.81. The number of piperidine rings is 1. The third-order valence-corrected chi connectivity index (χ3v) is 5.96. The number of likely N-dealkylation sites (tertiary alicyclic amines) is 1. The first-order valence-corrected chi connectivity index (χ1v) is 10.2. The van der Waals surface area contributed by atoms with Crippen molar-refractivity contribution in [1.82, 2.24) is 20.5 Å². The van der Waals surface area contributed by atoms with Crippen LogP contribution in [0.5, 0.6) is 0 Å². The van der Waals surface area contributed by atoms with Crippen molar-refractivity contribution < 1.29 is 4.39 Å². The van der Waals surface area contributed by atoms with Gasteiger partial charge in [-0.15, -0.1) is 11.3 Å². The Kier molecular flexibility index (Phi) is 6.79. The molecule has 1 fully saturated rings. The van der Waals surface area contributed by atoms with Crippen LogP contribution in [0, 0.1) is 19.7 Å². The fourth-order valence-electron chi connectivity index (χ4n) is 3.37. The summed E-state index contributed by atoms with van der Waals surface area (Å²) >= 11 is 1.73. The highest BCUT2D eigenvalue weighted by Crippen LogP contribution is 2.17. The number of hydrogen-bond donors (Lipinski definition) is 2. The van der Waals surface area contributed by atoms with Gasteiger partial charge in [0.1, 0.15) is 5.82 Å². The van der Waals surface area contributed by atoms with E-state index in [1.807, 2.05) is 33.0 Å². The predicted molar refractivity (Wildman–Crippen MR) is 110 cm³/mol. The second-order valence-electron chi connectivity index (χ2n) is 6.99. The van der Waals surface area contributed by atoms with Crippen molar-refractivity contribution in [3.05, 3.63) is 51.2 Å². The first-order chi connectivity index (χ1) is 13.0. The quantitative estimate of drug-likeness (QED) is 0.609. The van der Waals surface area contributed by atoms with Gasteiger partial charge in [0.05, 0.1) is 17.2 Å². The highest BCUT2D eigenvalue weighted by molar-refractivity contribution is 7.11. The summed E-state index contributed by atoms with van der Waals surface area (Å²) in [6.07, 6.45) is 2.14. The number of aryl methyl sites for hydroxylation is 2. The molecular weight excluding hydrogens is 361 g/mol. The largest absolute Gasteiger partial charge is 0.354 e. The van der Waals surface area contributed by atoms with E-state index in [9.17, 15) is 4.39 Å². The van der Waals surface area contributed by atoms with Crippen LogP contribution >= 0.6 is 11.3 Å². The lowest BCUT2D eigenvalue weighted by Gasteiger charge is -2.33. The number of halogens is 1. The van der Waals surface area contributed by atoms with Crippen LogP contribution in [0.4, 0.5) is 4.39 Å². The van der Waals surface area contributed by atoms with Crippen LogP contribution in [0.15, 0.2) is 29.3 Å². The number of aromatic nitrogens is 1.